The number of piperidine rings is 1. The largest absolute Gasteiger partial charge is 0.497 e. The number of aromatic nitrogens is 2. The monoisotopic (exact) mass is 468 g/mol. The van der Waals surface area contributed by atoms with E-state index in [-0.39, 0.29) is 11.9 Å². The minimum Gasteiger partial charge on any atom is -0.497 e. The van der Waals surface area contributed by atoms with Crippen molar-refractivity contribution in [2.24, 2.45) is 0 Å². The molecule has 1 amide bonds. The highest BCUT2D eigenvalue weighted by Crippen LogP contribution is 2.18. The van der Waals surface area contributed by atoms with Gasteiger partial charge in [0.2, 0.25) is 0 Å². The van der Waals surface area contributed by atoms with Gasteiger partial charge in [0.1, 0.15) is 5.75 Å². The van der Waals surface area contributed by atoms with Gasteiger partial charge in [-0.1, -0.05) is 28.1 Å². The van der Waals surface area contributed by atoms with Gasteiger partial charge < -0.3 is 10.1 Å². The third-order valence-electron chi connectivity index (χ3n) is 5.40. The van der Waals surface area contributed by atoms with Gasteiger partial charge in [-0.15, -0.1) is 0 Å². The smallest absolute Gasteiger partial charge is 0.254 e. The van der Waals surface area contributed by atoms with Gasteiger partial charge in [0.05, 0.1) is 24.6 Å². The Labute approximate surface area is 185 Å². The van der Waals surface area contributed by atoms with Gasteiger partial charge in [-0.2, -0.15) is 5.10 Å². The Morgan fingerprint density at radius 1 is 1.20 bits per heavy atom. The van der Waals surface area contributed by atoms with Crippen LogP contribution in [-0.2, 0) is 6.54 Å². The Morgan fingerprint density at radius 3 is 2.70 bits per heavy atom. The number of hydrogen-bond acceptors (Lipinski definition) is 4. The van der Waals surface area contributed by atoms with Crippen molar-refractivity contribution in [3.05, 3.63) is 76.5 Å². The van der Waals surface area contributed by atoms with Crippen LogP contribution in [0.15, 0.2) is 65.4 Å². The summed E-state index contributed by atoms with van der Waals surface area (Å²) in [4.78, 5) is 15.1. The molecule has 1 aromatic heterocycles. The Kier molecular flexibility index (Phi) is 6.50. The van der Waals surface area contributed by atoms with Crippen LogP contribution in [0.3, 0.4) is 0 Å². The van der Waals surface area contributed by atoms with E-state index in [1.807, 2.05) is 36.4 Å². The molecule has 30 heavy (non-hydrogen) atoms. The minimum atomic E-state index is -0.0652. The number of benzene rings is 2. The number of methoxy groups -OCH3 is 1. The van der Waals surface area contributed by atoms with Crippen molar-refractivity contribution in [1.29, 1.82) is 0 Å². The lowest BCUT2D eigenvalue weighted by atomic mass is 10.0. The quantitative estimate of drug-likeness (QED) is 0.592. The third kappa shape index (κ3) is 5.09. The molecule has 0 bridgehead atoms. The zero-order chi connectivity index (χ0) is 20.9. The lowest BCUT2D eigenvalue weighted by Gasteiger charge is -2.32. The molecule has 1 saturated heterocycles. The Morgan fingerprint density at radius 2 is 1.97 bits per heavy atom. The molecule has 0 spiro atoms. The molecular weight excluding hydrogens is 444 g/mol. The van der Waals surface area contributed by atoms with Gasteiger partial charge in [-0.25, -0.2) is 4.68 Å². The first kappa shape index (κ1) is 20.6. The number of amides is 1. The first-order valence-electron chi connectivity index (χ1n) is 10.1. The maximum atomic E-state index is 12.7. The molecule has 6 nitrogen and oxygen atoms in total. The molecule has 4 rings (SSSR count). The number of likely N-dealkylation sites (tertiary alicyclic amines) is 1. The summed E-state index contributed by atoms with van der Waals surface area (Å²) in [5, 5.41) is 7.49. The Bertz CT molecular complexity index is 994. The highest BCUT2D eigenvalue weighted by Gasteiger charge is 2.22. The van der Waals surface area contributed by atoms with E-state index in [4.69, 9.17) is 4.74 Å². The number of nitrogens with one attached hydrogen (secondary N) is 1. The molecule has 1 aliphatic rings. The molecule has 1 N–H and O–H groups in total. The molecule has 0 unspecified atom stereocenters. The average Bonchev–Trinajstić information content (AvgIpc) is 3.26. The maximum Gasteiger partial charge on any atom is 0.254 e. The van der Waals surface area contributed by atoms with Crippen LogP contribution in [0.25, 0.3) is 5.69 Å². The van der Waals surface area contributed by atoms with Gasteiger partial charge in [0.15, 0.2) is 0 Å². The SMILES string of the molecule is COc1cccc(CN2CCC(NC(=O)c3cnn(-c4ccc(Br)cc4)c3)CC2)c1. The van der Waals surface area contributed by atoms with Crippen LogP contribution >= 0.6 is 15.9 Å². The van der Waals surface area contributed by atoms with Crippen molar-refractivity contribution in [2.45, 2.75) is 25.4 Å². The van der Waals surface area contributed by atoms with Crippen molar-refractivity contribution >= 4 is 21.8 Å². The minimum absolute atomic E-state index is 0.0652. The third-order valence-corrected chi connectivity index (χ3v) is 5.93. The van der Waals surface area contributed by atoms with Crippen LogP contribution < -0.4 is 10.1 Å². The van der Waals surface area contributed by atoms with Crippen LogP contribution in [0.1, 0.15) is 28.8 Å². The summed E-state index contributed by atoms with van der Waals surface area (Å²) in [5.41, 5.74) is 2.75. The number of rotatable bonds is 6. The number of nitrogens with zero attached hydrogens (tertiary/aromatic N) is 3. The Hall–Kier alpha value is -2.64. The van der Waals surface area contributed by atoms with E-state index >= 15 is 0 Å². The van der Waals surface area contributed by atoms with E-state index in [1.54, 1.807) is 24.2 Å². The summed E-state index contributed by atoms with van der Waals surface area (Å²) in [6.07, 6.45) is 5.28. The molecule has 0 saturated carbocycles. The first-order chi connectivity index (χ1) is 14.6. The topological polar surface area (TPSA) is 59.4 Å². The van der Waals surface area contributed by atoms with Crippen molar-refractivity contribution in [3.8, 4) is 11.4 Å². The second-order valence-corrected chi connectivity index (χ2v) is 8.44. The Balaban J connectivity index is 1.28. The van der Waals surface area contributed by atoms with E-state index < -0.39 is 0 Å². The van der Waals surface area contributed by atoms with Crippen LogP contribution in [0.4, 0.5) is 0 Å². The summed E-state index contributed by atoms with van der Waals surface area (Å²) < 4.78 is 8.04. The first-order valence-corrected chi connectivity index (χ1v) is 10.9. The zero-order valence-corrected chi connectivity index (χ0v) is 18.5. The zero-order valence-electron chi connectivity index (χ0n) is 16.9. The molecular formula is C23H25BrN4O2. The van der Waals surface area contributed by atoms with Crippen molar-refractivity contribution < 1.29 is 9.53 Å². The summed E-state index contributed by atoms with van der Waals surface area (Å²) in [6.45, 7) is 2.82. The lowest BCUT2D eigenvalue weighted by Crippen LogP contribution is -2.44. The van der Waals surface area contributed by atoms with Crippen molar-refractivity contribution in [3.63, 3.8) is 0 Å². The molecule has 0 aliphatic carbocycles. The normalized spacial score (nSPS) is 15.1. The predicted octanol–water partition coefficient (Wildman–Crippen LogP) is 4.04. The highest BCUT2D eigenvalue weighted by molar-refractivity contribution is 9.10. The fraction of sp³-hybridized carbons (Fsp3) is 0.304. The van der Waals surface area contributed by atoms with Gasteiger partial charge in [0, 0.05) is 36.3 Å². The maximum absolute atomic E-state index is 12.7. The molecule has 3 aromatic rings. The van der Waals surface area contributed by atoms with Crippen molar-refractivity contribution in [2.75, 3.05) is 20.2 Å². The molecule has 156 valence electrons. The average molecular weight is 469 g/mol. The van der Waals surface area contributed by atoms with E-state index in [2.05, 4.69) is 43.4 Å². The number of carbonyl (C=O) groups excluding carboxylic acids is 1. The molecule has 1 aliphatic heterocycles. The lowest BCUT2D eigenvalue weighted by molar-refractivity contribution is 0.0909. The van der Waals surface area contributed by atoms with Crippen LogP contribution in [0.5, 0.6) is 5.75 Å². The second kappa shape index (κ2) is 9.45. The van der Waals surface area contributed by atoms with Gasteiger partial charge >= 0.3 is 0 Å². The fourth-order valence-corrected chi connectivity index (χ4v) is 3.97. The standard InChI is InChI=1S/C23H25BrN4O2/c1-30-22-4-2-3-17(13-22)15-27-11-9-20(10-12-27)26-23(29)18-14-25-28(16-18)21-7-5-19(24)6-8-21/h2-8,13-14,16,20H,9-12,15H2,1H3,(H,26,29). The van der Waals surface area contributed by atoms with Crippen LogP contribution in [0.2, 0.25) is 0 Å². The number of halogens is 1. The molecule has 0 atom stereocenters. The second-order valence-electron chi connectivity index (χ2n) is 7.53. The van der Waals surface area contributed by atoms with Gasteiger partial charge in [-0.3, -0.25) is 9.69 Å². The summed E-state index contributed by atoms with van der Waals surface area (Å²) >= 11 is 3.43. The number of hydrogen-bond donors (Lipinski definition) is 1. The molecule has 7 heteroatoms. The molecule has 0 radical (unpaired) electrons. The van der Waals surface area contributed by atoms with Crippen LogP contribution in [-0.4, -0.2) is 46.8 Å². The number of carbonyl (C=O) groups is 1. The van der Waals surface area contributed by atoms with Crippen LogP contribution in [0, 0.1) is 0 Å². The molecule has 2 aromatic carbocycles. The summed E-state index contributed by atoms with van der Waals surface area (Å²) in [7, 11) is 1.69. The predicted molar refractivity (Wildman–Crippen MR) is 120 cm³/mol. The fourth-order valence-electron chi connectivity index (χ4n) is 3.71. The van der Waals surface area contributed by atoms with E-state index in [0.29, 0.717) is 5.56 Å². The van der Waals surface area contributed by atoms with E-state index in [1.165, 1.54) is 5.56 Å². The summed E-state index contributed by atoms with van der Waals surface area (Å²) in [6, 6.07) is 16.2. The highest BCUT2D eigenvalue weighted by atomic mass is 79.9. The molecule has 2 heterocycles. The van der Waals surface area contributed by atoms with E-state index in [0.717, 1.165) is 48.4 Å². The van der Waals surface area contributed by atoms with Gasteiger partial charge in [-0.05, 0) is 54.8 Å². The summed E-state index contributed by atoms with van der Waals surface area (Å²) in [5.74, 6) is 0.822. The van der Waals surface area contributed by atoms with Gasteiger partial charge in [0.25, 0.3) is 5.91 Å². The van der Waals surface area contributed by atoms with E-state index in [9.17, 15) is 4.79 Å². The van der Waals surface area contributed by atoms with Crippen molar-refractivity contribution in [1.82, 2.24) is 20.0 Å². The number of ether oxygens (including phenoxy) is 1. The molecule has 1 fully saturated rings.